The lowest BCUT2D eigenvalue weighted by atomic mass is 9.93. The van der Waals surface area contributed by atoms with Gasteiger partial charge < -0.3 is 9.84 Å². The molecule has 0 aromatic carbocycles. The van der Waals surface area contributed by atoms with Crippen LogP contribution in [0.25, 0.3) is 0 Å². The molecule has 0 amide bonds. The van der Waals surface area contributed by atoms with Gasteiger partial charge in [0, 0.05) is 24.7 Å². The molecule has 1 rings (SSSR count). The van der Waals surface area contributed by atoms with Crippen LogP contribution in [0.1, 0.15) is 81.1 Å². The molecule has 6 heteroatoms. The fourth-order valence-corrected chi connectivity index (χ4v) is 2.48. The van der Waals surface area contributed by atoms with Crippen molar-refractivity contribution in [2.24, 2.45) is 0 Å². The number of carboxylic acid groups (broad SMARTS) is 1. The molecule has 0 aliphatic heterocycles. The van der Waals surface area contributed by atoms with Gasteiger partial charge in [0.2, 0.25) is 0 Å². The minimum atomic E-state index is -1.02. The van der Waals surface area contributed by atoms with E-state index in [0.29, 0.717) is 12.0 Å². The van der Waals surface area contributed by atoms with Gasteiger partial charge in [-0.1, -0.05) is 39.5 Å². The molecule has 1 aromatic heterocycles. The molecule has 1 aromatic rings. The zero-order valence-electron chi connectivity index (χ0n) is 14.7. The Hall–Kier alpha value is -1.43. The average Bonchev–Trinajstić information content (AvgIpc) is 2.53. The van der Waals surface area contributed by atoms with Crippen molar-refractivity contribution >= 4 is 28.9 Å². The van der Waals surface area contributed by atoms with Gasteiger partial charge in [-0.15, -0.1) is 17.0 Å². The van der Waals surface area contributed by atoms with Gasteiger partial charge in [-0.25, -0.2) is 4.79 Å². The Morgan fingerprint density at radius 1 is 1.21 bits per heavy atom. The average molecular weight is 402 g/mol. The van der Waals surface area contributed by atoms with E-state index in [1.807, 2.05) is 6.92 Å². The molecule has 2 unspecified atom stereocenters. The van der Waals surface area contributed by atoms with Gasteiger partial charge in [0.05, 0.1) is 5.56 Å². The summed E-state index contributed by atoms with van der Waals surface area (Å²) in [6, 6.07) is 1.67. The smallest absolute Gasteiger partial charge is 0.337 e. The number of rotatable bonds is 10. The largest absolute Gasteiger partial charge is 0.478 e. The van der Waals surface area contributed by atoms with Crippen molar-refractivity contribution < 1.29 is 19.4 Å². The first-order valence-corrected chi connectivity index (χ1v) is 8.34. The van der Waals surface area contributed by atoms with Gasteiger partial charge in [0.15, 0.2) is 0 Å². The molecule has 0 radical (unpaired) electrons. The molecule has 0 aliphatic carbocycles. The van der Waals surface area contributed by atoms with Crippen LogP contribution in [0.15, 0.2) is 18.5 Å². The first-order chi connectivity index (χ1) is 11.0. The maximum absolute atomic E-state index is 11.9. The third-order valence-electron chi connectivity index (χ3n) is 4.08. The molecule has 1 heterocycles. The fourth-order valence-electron chi connectivity index (χ4n) is 2.48. The van der Waals surface area contributed by atoms with Crippen molar-refractivity contribution in [1.82, 2.24) is 4.98 Å². The van der Waals surface area contributed by atoms with Gasteiger partial charge in [-0.05, 0) is 25.0 Å². The number of ether oxygens (including phenoxy) is 1. The number of carbonyl (C=O) groups is 2. The Morgan fingerprint density at radius 3 is 2.50 bits per heavy atom. The van der Waals surface area contributed by atoms with Crippen LogP contribution in [0.4, 0.5) is 0 Å². The summed E-state index contributed by atoms with van der Waals surface area (Å²) in [5.41, 5.74) is 0.790. The summed E-state index contributed by atoms with van der Waals surface area (Å²) in [5.74, 6) is -1.44. The minimum Gasteiger partial charge on any atom is -0.478 e. The lowest BCUT2D eigenvalue weighted by Crippen LogP contribution is -2.22. The highest BCUT2D eigenvalue weighted by molar-refractivity contribution is 8.93. The second-order valence-corrected chi connectivity index (χ2v) is 5.92. The number of unbranched alkanes of at least 4 members (excludes halogenated alkanes) is 4. The third-order valence-corrected chi connectivity index (χ3v) is 4.08. The van der Waals surface area contributed by atoms with Crippen LogP contribution in [-0.4, -0.2) is 28.1 Å². The number of halogens is 1. The standard InChI is InChI=1S/C18H27NO4.BrH/c1-4-5-6-7-8-9-17(20)23-14(3)13(2)15-10-11-19-12-16(15)18(21)22;/h10-14H,4-9H2,1-3H3,(H,21,22);1H. The lowest BCUT2D eigenvalue weighted by Gasteiger charge is -2.22. The van der Waals surface area contributed by atoms with E-state index >= 15 is 0 Å². The van der Waals surface area contributed by atoms with E-state index < -0.39 is 5.97 Å². The predicted octanol–water partition coefficient (Wildman–Crippen LogP) is 4.75. The van der Waals surface area contributed by atoms with Crippen molar-refractivity contribution in [3.63, 3.8) is 0 Å². The summed E-state index contributed by atoms with van der Waals surface area (Å²) < 4.78 is 5.46. The molecule has 0 saturated carbocycles. The maximum Gasteiger partial charge on any atom is 0.337 e. The number of hydrogen-bond acceptors (Lipinski definition) is 4. The Balaban J connectivity index is 0.00000529. The van der Waals surface area contributed by atoms with E-state index in [2.05, 4.69) is 11.9 Å². The summed E-state index contributed by atoms with van der Waals surface area (Å²) in [6.07, 6.45) is 8.34. The number of nitrogens with zero attached hydrogens (tertiary/aromatic N) is 1. The highest BCUT2D eigenvalue weighted by Crippen LogP contribution is 2.24. The van der Waals surface area contributed by atoms with Gasteiger partial charge >= 0.3 is 11.9 Å². The number of esters is 1. The SMILES string of the molecule is Br.CCCCCCCC(=O)OC(C)C(C)c1ccncc1C(=O)O. The Kier molecular flexibility index (Phi) is 11.3. The van der Waals surface area contributed by atoms with Crippen molar-refractivity contribution in [2.75, 3.05) is 0 Å². The molecule has 5 nitrogen and oxygen atoms in total. The van der Waals surface area contributed by atoms with E-state index in [-0.39, 0.29) is 40.5 Å². The van der Waals surface area contributed by atoms with Crippen molar-refractivity contribution in [3.05, 3.63) is 29.6 Å². The molecule has 0 spiro atoms. The lowest BCUT2D eigenvalue weighted by molar-refractivity contribution is -0.149. The van der Waals surface area contributed by atoms with Crippen LogP contribution >= 0.6 is 17.0 Å². The Morgan fingerprint density at radius 2 is 1.88 bits per heavy atom. The summed E-state index contributed by atoms with van der Waals surface area (Å²) in [5, 5.41) is 9.22. The van der Waals surface area contributed by atoms with E-state index in [9.17, 15) is 14.7 Å². The van der Waals surface area contributed by atoms with Gasteiger partial charge in [-0.3, -0.25) is 9.78 Å². The van der Waals surface area contributed by atoms with Gasteiger partial charge in [0.25, 0.3) is 0 Å². The van der Waals surface area contributed by atoms with Crippen LogP contribution in [0.2, 0.25) is 0 Å². The van der Waals surface area contributed by atoms with E-state index in [1.54, 1.807) is 19.2 Å². The van der Waals surface area contributed by atoms with E-state index in [4.69, 9.17) is 4.74 Å². The minimum absolute atomic E-state index is 0. The maximum atomic E-state index is 11.9. The van der Waals surface area contributed by atoms with Crippen LogP contribution in [0, 0.1) is 0 Å². The normalized spacial score (nSPS) is 12.8. The summed E-state index contributed by atoms with van der Waals surface area (Å²) in [4.78, 5) is 27.0. The monoisotopic (exact) mass is 401 g/mol. The van der Waals surface area contributed by atoms with Crippen LogP contribution in [0.5, 0.6) is 0 Å². The van der Waals surface area contributed by atoms with Crippen LogP contribution in [0.3, 0.4) is 0 Å². The van der Waals surface area contributed by atoms with E-state index in [1.165, 1.54) is 19.0 Å². The summed E-state index contributed by atoms with van der Waals surface area (Å²) >= 11 is 0. The van der Waals surface area contributed by atoms with Gasteiger partial charge in [-0.2, -0.15) is 0 Å². The number of aromatic carboxylic acids is 1. The fraction of sp³-hybridized carbons (Fsp3) is 0.611. The van der Waals surface area contributed by atoms with Crippen molar-refractivity contribution in [1.29, 1.82) is 0 Å². The molecule has 0 fully saturated rings. The Bertz CT molecular complexity index is 521. The van der Waals surface area contributed by atoms with Crippen LogP contribution in [-0.2, 0) is 9.53 Å². The zero-order chi connectivity index (χ0) is 17.2. The molecular formula is C18H28BrNO4. The summed E-state index contributed by atoms with van der Waals surface area (Å²) in [6.45, 7) is 5.81. The number of pyridine rings is 1. The molecule has 0 bridgehead atoms. The first kappa shape index (κ1) is 22.6. The number of hydrogen-bond donors (Lipinski definition) is 1. The molecule has 0 saturated heterocycles. The first-order valence-electron chi connectivity index (χ1n) is 8.34. The topological polar surface area (TPSA) is 76.5 Å². The number of aromatic nitrogens is 1. The predicted molar refractivity (Wildman–Crippen MR) is 98.9 cm³/mol. The molecular weight excluding hydrogens is 374 g/mol. The Labute approximate surface area is 154 Å². The van der Waals surface area contributed by atoms with E-state index in [0.717, 1.165) is 19.3 Å². The van der Waals surface area contributed by atoms with Crippen molar-refractivity contribution in [2.45, 2.75) is 71.3 Å². The second-order valence-electron chi connectivity index (χ2n) is 5.92. The second kappa shape index (κ2) is 12.0. The number of carbonyl (C=O) groups excluding carboxylic acids is 1. The molecule has 0 aliphatic rings. The quantitative estimate of drug-likeness (QED) is 0.451. The summed E-state index contributed by atoms with van der Waals surface area (Å²) in [7, 11) is 0. The third kappa shape index (κ3) is 7.43. The highest BCUT2D eigenvalue weighted by atomic mass is 79.9. The molecule has 2 atom stereocenters. The van der Waals surface area contributed by atoms with Gasteiger partial charge in [0.1, 0.15) is 6.10 Å². The zero-order valence-corrected chi connectivity index (χ0v) is 16.4. The molecule has 1 N–H and O–H groups in total. The highest BCUT2D eigenvalue weighted by Gasteiger charge is 2.23. The molecule has 24 heavy (non-hydrogen) atoms. The van der Waals surface area contributed by atoms with Crippen molar-refractivity contribution in [3.8, 4) is 0 Å². The number of carboxylic acids is 1. The molecule has 136 valence electrons. The van der Waals surface area contributed by atoms with Crippen LogP contribution < -0.4 is 0 Å².